The Balaban J connectivity index is 1.48. The Morgan fingerprint density at radius 2 is 1.62 bits per heavy atom. The van der Waals surface area contributed by atoms with Gasteiger partial charge < -0.3 is 14.8 Å². The van der Waals surface area contributed by atoms with Crippen LogP contribution in [0.25, 0.3) is 10.9 Å². The average Bonchev–Trinajstić information content (AvgIpc) is 2.85. The summed E-state index contributed by atoms with van der Waals surface area (Å²) in [7, 11) is 0. The first-order valence-electron chi connectivity index (χ1n) is 10.8. The topological polar surface area (TPSA) is 60.5 Å². The quantitative estimate of drug-likeness (QED) is 0.382. The second-order valence-corrected chi connectivity index (χ2v) is 7.47. The van der Waals surface area contributed by atoms with Crippen molar-refractivity contribution < 1.29 is 14.3 Å². The number of ether oxygens (including phenoxy) is 2. The van der Waals surface area contributed by atoms with Crippen LogP contribution in [0.3, 0.4) is 0 Å². The van der Waals surface area contributed by atoms with Crippen molar-refractivity contribution in [2.45, 2.75) is 26.5 Å². The van der Waals surface area contributed by atoms with Gasteiger partial charge in [-0.1, -0.05) is 67.6 Å². The van der Waals surface area contributed by atoms with Crippen LogP contribution < -0.4 is 14.8 Å². The van der Waals surface area contributed by atoms with E-state index >= 15 is 0 Å². The molecule has 0 saturated heterocycles. The van der Waals surface area contributed by atoms with Gasteiger partial charge in [0.2, 0.25) is 5.88 Å². The predicted molar refractivity (Wildman–Crippen MR) is 126 cm³/mol. The number of carbonyl (C=O) groups excluding carboxylic acids is 1. The highest BCUT2D eigenvalue weighted by Crippen LogP contribution is 2.23. The second kappa shape index (κ2) is 10.4. The monoisotopic (exact) mass is 426 g/mol. The Labute approximate surface area is 188 Å². The SMILES string of the molecule is CCCOc1ccc(CNC(=O)c2cc(OCc3ccccc3)nc3ccccc23)cc1. The molecule has 0 bridgehead atoms. The van der Waals surface area contributed by atoms with Gasteiger partial charge in [-0.2, -0.15) is 0 Å². The van der Waals surface area contributed by atoms with Crippen LogP contribution in [0, 0.1) is 0 Å². The van der Waals surface area contributed by atoms with Gasteiger partial charge >= 0.3 is 0 Å². The minimum atomic E-state index is -0.167. The lowest BCUT2D eigenvalue weighted by Crippen LogP contribution is -2.23. The molecule has 1 N–H and O–H groups in total. The number of amides is 1. The summed E-state index contributed by atoms with van der Waals surface area (Å²) in [5.41, 5.74) is 3.31. The van der Waals surface area contributed by atoms with Gasteiger partial charge in [-0.25, -0.2) is 4.98 Å². The number of para-hydroxylation sites is 1. The van der Waals surface area contributed by atoms with Crippen LogP contribution in [0.2, 0.25) is 0 Å². The minimum Gasteiger partial charge on any atom is -0.494 e. The summed E-state index contributed by atoms with van der Waals surface area (Å²) in [6.07, 6.45) is 0.967. The van der Waals surface area contributed by atoms with E-state index in [4.69, 9.17) is 9.47 Å². The third-order valence-corrected chi connectivity index (χ3v) is 5.02. The van der Waals surface area contributed by atoms with Crippen molar-refractivity contribution in [1.29, 1.82) is 0 Å². The molecular weight excluding hydrogens is 400 g/mol. The first-order valence-corrected chi connectivity index (χ1v) is 10.8. The lowest BCUT2D eigenvalue weighted by Gasteiger charge is -2.12. The van der Waals surface area contributed by atoms with E-state index in [-0.39, 0.29) is 5.91 Å². The zero-order chi connectivity index (χ0) is 22.2. The smallest absolute Gasteiger partial charge is 0.252 e. The fourth-order valence-electron chi connectivity index (χ4n) is 3.35. The van der Waals surface area contributed by atoms with Crippen molar-refractivity contribution in [1.82, 2.24) is 10.3 Å². The van der Waals surface area contributed by atoms with Gasteiger partial charge in [-0.3, -0.25) is 4.79 Å². The number of nitrogens with one attached hydrogen (secondary N) is 1. The molecule has 0 atom stereocenters. The van der Waals surface area contributed by atoms with Crippen LogP contribution in [0.5, 0.6) is 11.6 Å². The highest BCUT2D eigenvalue weighted by molar-refractivity contribution is 6.06. The molecule has 0 radical (unpaired) electrons. The number of fused-ring (bicyclic) bond motifs is 1. The molecule has 0 spiro atoms. The Hall–Kier alpha value is -3.86. The van der Waals surface area contributed by atoms with E-state index in [2.05, 4.69) is 17.2 Å². The molecule has 5 heteroatoms. The number of carbonyl (C=O) groups is 1. The summed E-state index contributed by atoms with van der Waals surface area (Å²) in [6, 6.07) is 27.0. The molecule has 0 aliphatic carbocycles. The van der Waals surface area contributed by atoms with Gasteiger partial charge in [-0.05, 0) is 35.7 Å². The fraction of sp³-hybridized carbons (Fsp3) is 0.185. The molecule has 1 heterocycles. The van der Waals surface area contributed by atoms with Crippen molar-refractivity contribution in [2.24, 2.45) is 0 Å². The van der Waals surface area contributed by atoms with Gasteiger partial charge in [0, 0.05) is 18.0 Å². The molecule has 0 saturated carbocycles. The fourth-order valence-corrected chi connectivity index (χ4v) is 3.35. The largest absolute Gasteiger partial charge is 0.494 e. The molecule has 3 aromatic carbocycles. The average molecular weight is 427 g/mol. The summed E-state index contributed by atoms with van der Waals surface area (Å²) in [6.45, 7) is 3.58. The van der Waals surface area contributed by atoms with E-state index in [1.54, 1.807) is 6.07 Å². The van der Waals surface area contributed by atoms with E-state index in [9.17, 15) is 4.79 Å². The van der Waals surface area contributed by atoms with Crippen molar-refractivity contribution in [2.75, 3.05) is 6.61 Å². The van der Waals surface area contributed by atoms with Gasteiger partial charge in [0.15, 0.2) is 0 Å². The summed E-state index contributed by atoms with van der Waals surface area (Å²) in [5.74, 6) is 1.09. The van der Waals surface area contributed by atoms with Gasteiger partial charge in [0.05, 0.1) is 17.7 Å². The number of pyridine rings is 1. The van der Waals surface area contributed by atoms with Gasteiger partial charge in [0.25, 0.3) is 5.91 Å². The van der Waals surface area contributed by atoms with Crippen molar-refractivity contribution in [3.8, 4) is 11.6 Å². The van der Waals surface area contributed by atoms with Gasteiger partial charge in [0.1, 0.15) is 12.4 Å². The van der Waals surface area contributed by atoms with Crippen LogP contribution >= 0.6 is 0 Å². The number of nitrogens with zero attached hydrogens (tertiary/aromatic N) is 1. The Bertz CT molecular complexity index is 1170. The molecular formula is C27H26N2O3. The molecule has 4 aromatic rings. The molecule has 5 nitrogen and oxygen atoms in total. The number of hydrogen-bond acceptors (Lipinski definition) is 4. The maximum Gasteiger partial charge on any atom is 0.252 e. The third-order valence-electron chi connectivity index (χ3n) is 5.02. The van der Waals surface area contributed by atoms with E-state index < -0.39 is 0 Å². The summed E-state index contributed by atoms with van der Waals surface area (Å²) in [4.78, 5) is 17.6. The lowest BCUT2D eigenvalue weighted by atomic mass is 10.1. The number of benzene rings is 3. The summed E-state index contributed by atoms with van der Waals surface area (Å²) in [5, 5.41) is 3.80. The molecule has 1 amide bonds. The first-order chi connectivity index (χ1) is 15.7. The Morgan fingerprint density at radius 3 is 2.41 bits per heavy atom. The zero-order valence-electron chi connectivity index (χ0n) is 18.1. The third kappa shape index (κ3) is 5.43. The predicted octanol–water partition coefficient (Wildman–Crippen LogP) is 5.53. The Morgan fingerprint density at radius 1 is 0.875 bits per heavy atom. The van der Waals surface area contributed by atoms with Crippen LogP contribution in [0.1, 0.15) is 34.8 Å². The van der Waals surface area contributed by atoms with E-state index in [0.717, 1.165) is 34.2 Å². The number of aromatic nitrogens is 1. The lowest BCUT2D eigenvalue weighted by molar-refractivity contribution is 0.0952. The zero-order valence-corrected chi connectivity index (χ0v) is 18.1. The molecule has 162 valence electrons. The maximum atomic E-state index is 13.0. The molecule has 32 heavy (non-hydrogen) atoms. The highest BCUT2D eigenvalue weighted by atomic mass is 16.5. The van der Waals surface area contributed by atoms with E-state index in [1.165, 1.54) is 0 Å². The number of hydrogen-bond donors (Lipinski definition) is 1. The van der Waals surface area contributed by atoms with Crippen molar-refractivity contribution >= 4 is 16.8 Å². The van der Waals surface area contributed by atoms with E-state index in [0.29, 0.717) is 31.2 Å². The van der Waals surface area contributed by atoms with Crippen molar-refractivity contribution in [3.05, 3.63) is 102 Å². The molecule has 4 rings (SSSR count). The van der Waals surface area contributed by atoms with E-state index in [1.807, 2.05) is 78.9 Å². The van der Waals surface area contributed by atoms with Crippen molar-refractivity contribution in [3.63, 3.8) is 0 Å². The van der Waals surface area contributed by atoms with Crippen LogP contribution in [-0.2, 0) is 13.2 Å². The highest BCUT2D eigenvalue weighted by Gasteiger charge is 2.14. The standard InChI is InChI=1S/C27H26N2O3/c1-2-16-31-22-14-12-20(13-15-22)18-28-27(30)24-17-26(29-25-11-7-6-10-23(24)25)32-19-21-8-4-3-5-9-21/h3-15,17H,2,16,18-19H2,1H3,(H,28,30). The molecule has 1 aromatic heterocycles. The molecule has 0 unspecified atom stereocenters. The summed E-state index contributed by atoms with van der Waals surface area (Å²) >= 11 is 0. The maximum absolute atomic E-state index is 13.0. The van der Waals surface area contributed by atoms with Crippen LogP contribution in [-0.4, -0.2) is 17.5 Å². The van der Waals surface area contributed by atoms with Crippen LogP contribution in [0.4, 0.5) is 0 Å². The van der Waals surface area contributed by atoms with Crippen LogP contribution in [0.15, 0.2) is 84.9 Å². The number of rotatable bonds is 9. The Kier molecular flexibility index (Phi) is 6.98. The second-order valence-electron chi connectivity index (χ2n) is 7.47. The molecule has 0 fully saturated rings. The normalized spacial score (nSPS) is 10.7. The first kappa shape index (κ1) is 21.4. The van der Waals surface area contributed by atoms with Gasteiger partial charge in [-0.15, -0.1) is 0 Å². The molecule has 0 aliphatic heterocycles. The molecule has 0 aliphatic rings. The minimum absolute atomic E-state index is 0.167. The summed E-state index contributed by atoms with van der Waals surface area (Å²) < 4.78 is 11.5.